The van der Waals surface area contributed by atoms with E-state index in [4.69, 9.17) is 4.52 Å². The van der Waals surface area contributed by atoms with Gasteiger partial charge in [-0.2, -0.15) is 0 Å². The summed E-state index contributed by atoms with van der Waals surface area (Å²) in [5.74, 6) is 0. The lowest BCUT2D eigenvalue weighted by molar-refractivity contribution is 0.456. The molecule has 0 radical (unpaired) electrons. The molecule has 0 bridgehead atoms. The fraction of sp³-hybridized carbons (Fsp3) is 0. The Morgan fingerprint density at radius 1 is 1.40 bits per heavy atom. The lowest BCUT2D eigenvalue weighted by atomic mass is 10.3. The summed E-state index contributed by atoms with van der Waals surface area (Å²) < 4.78 is 6.12. The highest BCUT2D eigenvalue weighted by atomic mass is 127. The predicted octanol–water partition coefficient (Wildman–Crippen LogP) is 2.43. The zero-order chi connectivity index (χ0) is 6.97. The highest BCUT2D eigenvalue weighted by Crippen LogP contribution is 2.15. The summed E-state index contributed by atoms with van der Waals surface area (Å²) in [5, 5.41) is 4.73. The molecule has 0 atom stereocenters. The van der Waals surface area contributed by atoms with E-state index in [0.717, 1.165) is 11.0 Å². The van der Waals surface area contributed by atoms with E-state index in [1.165, 1.54) is 3.57 Å². The van der Waals surface area contributed by atoms with Gasteiger partial charge < -0.3 is 4.52 Å². The quantitative estimate of drug-likeness (QED) is 0.666. The monoisotopic (exact) mass is 245 g/mol. The van der Waals surface area contributed by atoms with E-state index in [2.05, 4.69) is 27.7 Å². The highest BCUT2D eigenvalue weighted by molar-refractivity contribution is 14.1. The molecule has 2 aromatic rings. The molecular formula is C7H4INO. The van der Waals surface area contributed by atoms with Gasteiger partial charge in [0.05, 0.1) is 6.20 Å². The number of nitrogens with zero attached hydrogens (tertiary/aromatic N) is 1. The number of rotatable bonds is 0. The molecule has 50 valence electrons. The van der Waals surface area contributed by atoms with Crippen LogP contribution in [0.25, 0.3) is 11.0 Å². The zero-order valence-electron chi connectivity index (χ0n) is 5.04. The van der Waals surface area contributed by atoms with Crippen LogP contribution in [0.3, 0.4) is 0 Å². The zero-order valence-corrected chi connectivity index (χ0v) is 7.20. The van der Waals surface area contributed by atoms with Crippen molar-refractivity contribution in [3.05, 3.63) is 28.0 Å². The van der Waals surface area contributed by atoms with Gasteiger partial charge in [-0.15, -0.1) is 0 Å². The predicted molar refractivity (Wildman–Crippen MR) is 46.7 cm³/mol. The summed E-state index contributed by atoms with van der Waals surface area (Å²) in [6.07, 6.45) is 1.72. The third-order valence-electron chi connectivity index (χ3n) is 1.31. The van der Waals surface area contributed by atoms with Crippen LogP contribution in [0.2, 0.25) is 0 Å². The first-order chi connectivity index (χ1) is 4.86. The van der Waals surface area contributed by atoms with Gasteiger partial charge in [0.2, 0.25) is 0 Å². The maximum atomic E-state index is 4.92. The Morgan fingerprint density at radius 3 is 3.20 bits per heavy atom. The molecule has 0 N–H and O–H groups in total. The number of hydrogen-bond donors (Lipinski definition) is 0. The third-order valence-corrected chi connectivity index (χ3v) is 1.99. The van der Waals surface area contributed by atoms with Crippen molar-refractivity contribution in [1.29, 1.82) is 0 Å². The van der Waals surface area contributed by atoms with Crippen LogP contribution in [0.4, 0.5) is 0 Å². The van der Waals surface area contributed by atoms with E-state index < -0.39 is 0 Å². The van der Waals surface area contributed by atoms with Gasteiger partial charge in [-0.1, -0.05) is 5.16 Å². The molecule has 10 heavy (non-hydrogen) atoms. The summed E-state index contributed by atoms with van der Waals surface area (Å²) in [6, 6.07) is 5.95. The Hall–Kier alpha value is -0.580. The van der Waals surface area contributed by atoms with Crippen LogP contribution in [0.1, 0.15) is 0 Å². The van der Waals surface area contributed by atoms with E-state index in [0.29, 0.717) is 0 Å². The number of hydrogen-bond acceptors (Lipinski definition) is 2. The van der Waals surface area contributed by atoms with Crippen molar-refractivity contribution in [2.24, 2.45) is 0 Å². The van der Waals surface area contributed by atoms with Gasteiger partial charge >= 0.3 is 0 Å². The number of benzene rings is 1. The Kier molecular flexibility index (Phi) is 1.37. The molecule has 0 unspecified atom stereocenters. The van der Waals surface area contributed by atoms with E-state index in [1.54, 1.807) is 6.20 Å². The lowest BCUT2D eigenvalue weighted by Gasteiger charge is -1.85. The maximum Gasteiger partial charge on any atom is 0.166 e. The first kappa shape index (κ1) is 6.15. The molecule has 0 fully saturated rings. The normalized spacial score (nSPS) is 10.5. The summed E-state index contributed by atoms with van der Waals surface area (Å²) in [5.41, 5.74) is 0.848. The van der Waals surface area contributed by atoms with E-state index in [-0.39, 0.29) is 0 Å². The largest absolute Gasteiger partial charge is 0.356 e. The van der Waals surface area contributed by atoms with Gasteiger partial charge in [-0.05, 0) is 40.8 Å². The molecule has 3 heteroatoms. The molecule has 1 aromatic heterocycles. The molecule has 0 aliphatic heterocycles. The fourth-order valence-corrected chi connectivity index (χ4v) is 1.36. The minimum absolute atomic E-state index is 0.848. The lowest BCUT2D eigenvalue weighted by Crippen LogP contribution is -1.66. The van der Waals surface area contributed by atoms with Gasteiger partial charge in [0, 0.05) is 8.96 Å². The van der Waals surface area contributed by atoms with E-state index in [9.17, 15) is 0 Å². The van der Waals surface area contributed by atoms with Gasteiger partial charge in [0.15, 0.2) is 5.58 Å². The second kappa shape index (κ2) is 2.23. The summed E-state index contributed by atoms with van der Waals surface area (Å²) in [7, 11) is 0. The van der Waals surface area contributed by atoms with Crippen molar-refractivity contribution < 1.29 is 4.52 Å². The molecule has 0 spiro atoms. The van der Waals surface area contributed by atoms with Gasteiger partial charge in [0.25, 0.3) is 0 Å². The first-order valence-corrected chi connectivity index (χ1v) is 3.94. The number of halogens is 1. The minimum atomic E-state index is 0.848. The van der Waals surface area contributed by atoms with Crippen molar-refractivity contribution in [1.82, 2.24) is 5.16 Å². The van der Waals surface area contributed by atoms with Crippen LogP contribution < -0.4 is 0 Å². The van der Waals surface area contributed by atoms with Crippen LogP contribution in [0.15, 0.2) is 28.9 Å². The molecule has 0 aliphatic rings. The highest BCUT2D eigenvalue weighted by Gasteiger charge is 1.95. The maximum absolute atomic E-state index is 4.92. The van der Waals surface area contributed by atoms with E-state index in [1.807, 2.05) is 18.2 Å². The average Bonchev–Trinajstić information content (AvgIpc) is 2.33. The van der Waals surface area contributed by atoms with Crippen molar-refractivity contribution in [2.75, 3.05) is 0 Å². The van der Waals surface area contributed by atoms with E-state index >= 15 is 0 Å². The van der Waals surface area contributed by atoms with Crippen molar-refractivity contribution in [3.8, 4) is 0 Å². The molecule has 2 rings (SSSR count). The second-order valence-electron chi connectivity index (χ2n) is 2.01. The Labute approximate surface area is 71.3 Å². The topological polar surface area (TPSA) is 26.0 Å². The molecule has 2 nitrogen and oxygen atoms in total. The molecule has 0 aliphatic carbocycles. The van der Waals surface area contributed by atoms with Crippen LogP contribution in [-0.2, 0) is 0 Å². The average molecular weight is 245 g/mol. The molecule has 0 saturated carbocycles. The summed E-state index contributed by atoms with van der Waals surface area (Å²) in [4.78, 5) is 0. The first-order valence-electron chi connectivity index (χ1n) is 2.86. The minimum Gasteiger partial charge on any atom is -0.356 e. The van der Waals surface area contributed by atoms with Crippen LogP contribution >= 0.6 is 22.6 Å². The summed E-state index contributed by atoms with van der Waals surface area (Å²) in [6.45, 7) is 0. The Balaban J connectivity index is 2.86. The number of fused-ring (bicyclic) bond motifs is 1. The Morgan fingerprint density at radius 2 is 2.30 bits per heavy atom. The molecule has 0 amide bonds. The van der Waals surface area contributed by atoms with Gasteiger partial charge in [0.1, 0.15) is 0 Å². The fourth-order valence-electron chi connectivity index (χ4n) is 0.843. The molecule has 1 aromatic carbocycles. The van der Waals surface area contributed by atoms with Crippen LogP contribution in [-0.4, -0.2) is 5.16 Å². The Bertz CT molecular complexity index is 355. The smallest absolute Gasteiger partial charge is 0.166 e. The standard InChI is InChI=1S/C7H4INO/c8-6-1-2-7-5(3-6)4-9-10-7/h1-4H. The van der Waals surface area contributed by atoms with Crippen LogP contribution in [0, 0.1) is 3.57 Å². The third kappa shape index (κ3) is 0.901. The SMILES string of the molecule is Ic1ccc2oncc2c1. The van der Waals surface area contributed by atoms with Gasteiger partial charge in [-0.3, -0.25) is 0 Å². The molecule has 1 heterocycles. The van der Waals surface area contributed by atoms with Crippen molar-refractivity contribution >= 4 is 33.6 Å². The van der Waals surface area contributed by atoms with Crippen molar-refractivity contribution in [2.45, 2.75) is 0 Å². The van der Waals surface area contributed by atoms with Crippen molar-refractivity contribution in [3.63, 3.8) is 0 Å². The van der Waals surface area contributed by atoms with Gasteiger partial charge in [-0.25, -0.2) is 0 Å². The van der Waals surface area contributed by atoms with Crippen LogP contribution in [0.5, 0.6) is 0 Å². The molecule has 0 saturated heterocycles. The summed E-state index contributed by atoms with van der Waals surface area (Å²) >= 11 is 2.26. The second-order valence-corrected chi connectivity index (χ2v) is 3.25. The molecular weight excluding hydrogens is 241 g/mol. The number of aromatic nitrogens is 1.